The van der Waals surface area contributed by atoms with Crippen LogP contribution in [0.5, 0.6) is 17.2 Å². The predicted molar refractivity (Wildman–Crippen MR) is 138 cm³/mol. The van der Waals surface area contributed by atoms with E-state index >= 15 is 0 Å². The number of hydrogen-bond acceptors (Lipinski definition) is 7. The molecule has 1 saturated heterocycles. The Hall–Kier alpha value is -4.30. The van der Waals surface area contributed by atoms with E-state index in [-0.39, 0.29) is 16.9 Å². The molecule has 0 saturated carbocycles. The number of rotatable bonds is 7. The Balaban J connectivity index is 1.94. The van der Waals surface area contributed by atoms with E-state index in [9.17, 15) is 19.5 Å². The molecule has 0 spiro atoms. The van der Waals surface area contributed by atoms with Gasteiger partial charge >= 0.3 is 5.97 Å². The molecule has 1 atom stereocenters. The molecule has 3 aromatic rings. The van der Waals surface area contributed by atoms with Crippen LogP contribution < -0.4 is 19.1 Å². The normalized spacial score (nSPS) is 16.5. The van der Waals surface area contributed by atoms with E-state index in [1.54, 1.807) is 55.5 Å². The van der Waals surface area contributed by atoms with Gasteiger partial charge in [0.2, 0.25) is 0 Å². The van der Waals surface area contributed by atoms with Crippen molar-refractivity contribution >= 4 is 40.7 Å². The molecule has 1 unspecified atom stereocenters. The number of halogens is 1. The second kappa shape index (κ2) is 10.8. The highest BCUT2D eigenvalue weighted by atomic mass is 35.5. The van der Waals surface area contributed by atoms with Gasteiger partial charge in [-0.2, -0.15) is 0 Å². The summed E-state index contributed by atoms with van der Waals surface area (Å²) in [4.78, 5) is 39.6. The molecule has 0 aliphatic carbocycles. The second-order valence-corrected chi connectivity index (χ2v) is 8.52. The number of aliphatic hydroxyl groups is 1. The number of amides is 1. The first-order chi connectivity index (χ1) is 17.7. The highest BCUT2D eigenvalue weighted by Gasteiger charge is 2.47. The Bertz CT molecular complexity index is 1420. The van der Waals surface area contributed by atoms with E-state index in [0.29, 0.717) is 34.4 Å². The van der Waals surface area contributed by atoms with Crippen molar-refractivity contribution in [1.29, 1.82) is 0 Å². The molecule has 1 fully saturated rings. The standard InChI is InChI=1S/C28H24ClNO7/c1-4-36-23-14-18(11-12-22(23)29)26(32)24-25(17-7-5-10-21(13-17)37-16(2)31)30(28(34)27(24)33)19-8-6-9-20(15-19)35-3/h5-15,25,32H,4H2,1-3H3/b26-24+. The van der Waals surface area contributed by atoms with Crippen LogP contribution in [0.1, 0.15) is 31.0 Å². The van der Waals surface area contributed by atoms with Gasteiger partial charge in [0.15, 0.2) is 0 Å². The molecule has 1 N–H and O–H groups in total. The number of ketones is 1. The van der Waals surface area contributed by atoms with Crippen molar-refractivity contribution in [3.05, 3.63) is 88.5 Å². The van der Waals surface area contributed by atoms with Crippen LogP contribution in [0.25, 0.3) is 5.76 Å². The minimum absolute atomic E-state index is 0.141. The van der Waals surface area contributed by atoms with Gasteiger partial charge in [-0.05, 0) is 55.0 Å². The number of ether oxygens (including phenoxy) is 3. The monoisotopic (exact) mass is 521 g/mol. The smallest absolute Gasteiger partial charge is 0.308 e. The summed E-state index contributed by atoms with van der Waals surface area (Å²) in [7, 11) is 1.49. The molecule has 8 nitrogen and oxygen atoms in total. The van der Waals surface area contributed by atoms with Crippen LogP contribution >= 0.6 is 11.6 Å². The highest BCUT2D eigenvalue weighted by molar-refractivity contribution is 6.51. The molecule has 1 aliphatic heterocycles. The van der Waals surface area contributed by atoms with Gasteiger partial charge in [-0.15, -0.1) is 0 Å². The summed E-state index contributed by atoms with van der Waals surface area (Å²) in [6.45, 7) is 3.40. The second-order valence-electron chi connectivity index (χ2n) is 8.11. The van der Waals surface area contributed by atoms with Crippen molar-refractivity contribution < 1.29 is 33.7 Å². The van der Waals surface area contributed by atoms with E-state index in [0.717, 1.165) is 0 Å². The molecule has 1 amide bonds. The fourth-order valence-electron chi connectivity index (χ4n) is 4.16. The first-order valence-corrected chi connectivity index (χ1v) is 11.8. The summed E-state index contributed by atoms with van der Waals surface area (Å²) in [5.41, 5.74) is 0.936. The summed E-state index contributed by atoms with van der Waals surface area (Å²) < 4.78 is 16.1. The maximum absolute atomic E-state index is 13.4. The van der Waals surface area contributed by atoms with Crippen molar-refractivity contribution in [2.45, 2.75) is 19.9 Å². The maximum atomic E-state index is 13.4. The van der Waals surface area contributed by atoms with Gasteiger partial charge in [0, 0.05) is 24.2 Å². The third-order valence-corrected chi connectivity index (χ3v) is 6.03. The molecule has 0 aromatic heterocycles. The number of benzene rings is 3. The van der Waals surface area contributed by atoms with E-state index in [1.165, 1.54) is 37.1 Å². The number of esters is 1. The van der Waals surface area contributed by atoms with Gasteiger partial charge in [0.05, 0.1) is 30.4 Å². The fraction of sp³-hybridized carbons (Fsp3) is 0.179. The lowest BCUT2D eigenvalue weighted by Gasteiger charge is -2.26. The molecule has 190 valence electrons. The summed E-state index contributed by atoms with van der Waals surface area (Å²) in [6.07, 6.45) is 0. The minimum Gasteiger partial charge on any atom is -0.507 e. The van der Waals surface area contributed by atoms with E-state index in [2.05, 4.69) is 0 Å². The number of anilines is 1. The summed E-state index contributed by atoms with van der Waals surface area (Å²) in [6, 6.07) is 16.7. The summed E-state index contributed by atoms with van der Waals surface area (Å²) in [5, 5.41) is 11.7. The molecule has 3 aromatic carbocycles. The third-order valence-electron chi connectivity index (χ3n) is 5.72. The van der Waals surface area contributed by atoms with E-state index in [1.807, 2.05) is 0 Å². The van der Waals surface area contributed by atoms with Gasteiger partial charge in [-0.3, -0.25) is 19.3 Å². The van der Waals surface area contributed by atoms with Gasteiger partial charge in [-0.25, -0.2) is 0 Å². The third kappa shape index (κ3) is 5.15. The SMILES string of the molecule is CCOc1cc(/C(O)=C2\C(=O)C(=O)N(c3cccc(OC)c3)C2c2cccc(OC(C)=O)c2)ccc1Cl. The lowest BCUT2D eigenvalue weighted by atomic mass is 9.95. The number of carbonyl (C=O) groups is 3. The lowest BCUT2D eigenvalue weighted by molar-refractivity contribution is -0.132. The van der Waals surface area contributed by atoms with Crippen molar-refractivity contribution in [2.75, 3.05) is 18.6 Å². The van der Waals surface area contributed by atoms with Crippen LogP contribution in [0, 0.1) is 0 Å². The van der Waals surface area contributed by atoms with Gasteiger partial charge in [0.1, 0.15) is 23.0 Å². The average molecular weight is 522 g/mol. The van der Waals surface area contributed by atoms with Crippen molar-refractivity contribution in [2.24, 2.45) is 0 Å². The quantitative estimate of drug-likeness (QED) is 0.148. The Labute approximate surface area is 218 Å². The number of nitrogens with zero attached hydrogens (tertiary/aromatic N) is 1. The molecule has 9 heteroatoms. The first-order valence-electron chi connectivity index (χ1n) is 11.4. The zero-order valence-corrected chi connectivity index (χ0v) is 21.1. The first kappa shape index (κ1) is 25.8. The minimum atomic E-state index is -1.03. The van der Waals surface area contributed by atoms with E-state index < -0.39 is 29.5 Å². The molecule has 0 bridgehead atoms. The molecule has 37 heavy (non-hydrogen) atoms. The Morgan fingerprint density at radius 3 is 2.46 bits per heavy atom. The largest absolute Gasteiger partial charge is 0.507 e. The van der Waals surface area contributed by atoms with Crippen LogP contribution in [-0.2, 0) is 14.4 Å². The average Bonchev–Trinajstić information content (AvgIpc) is 3.15. The molecular weight excluding hydrogens is 498 g/mol. The van der Waals surface area contributed by atoms with Gasteiger partial charge < -0.3 is 19.3 Å². The van der Waals surface area contributed by atoms with Crippen LogP contribution in [0.4, 0.5) is 5.69 Å². The molecular formula is C28H24ClNO7. The topological polar surface area (TPSA) is 102 Å². The number of methoxy groups -OCH3 is 1. The van der Waals surface area contributed by atoms with Crippen LogP contribution in [0.15, 0.2) is 72.3 Å². The van der Waals surface area contributed by atoms with Crippen LogP contribution in [0.3, 0.4) is 0 Å². The van der Waals surface area contributed by atoms with Crippen LogP contribution in [0.2, 0.25) is 5.02 Å². The molecule has 1 aliphatic rings. The van der Waals surface area contributed by atoms with Crippen molar-refractivity contribution in [1.82, 2.24) is 0 Å². The fourth-order valence-corrected chi connectivity index (χ4v) is 4.33. The maximum Gasteiger partial charge on any atom is 0.308 e. The zero-order valence-electron chi connectivity index (χ0n) is 20.4. The molecule has 1 heterocycles. The van der Waals surface area contributed by atoms with Crippen molar-refractivity contribution in [3.63, 3.8) is 0 Å². The Morgan fingerprint density at radius 1 is 1.03 bits per heavy atom. The summed E-state index contributed by atoms with van der Waals surface area (Å²) in [5.74, 6) is -1.61. The van der Waals surface area contributed by atoms with Crippen molar-refractivity contribution in [3.8, 4) is 17.2 Å². The number of aliphatic hydroxyl groups excluding tert-OH is 1. The van der Waals surface area contributed by atoms with Crippen LogP contribution in [-0.4, -0.2) is 36.5 Å². The molecule has 0 radical (unpaired) electrons. The lowest BCUT2D eigenvalue weighted by Crippen LogP contribution is -2.29. The number of carbonyl (C=O) groups excluding carboxylic acids is 3. The highest BCUT2D eigenvalue weighted by Crippen LogP contribution is 2.44. The zero-order chi connectivity index (χ0) is 26.7. The predicted octanol–water partition coefficient (Wildman–Crippen LogP) is 5.30. The van der Waals surface area contributed by atoms with E-state index in [4.69, 9.17) is 25.8 Å². The summed E-state index contributed by atoms with van der Waals surface area (Å²) >= 11 is 6.20. The van der Waals surface area contributed by atoms with Gasteiger partial charge in [0.25, 0.3) is 11.7 Å². The Morgan fingerprint density at radius 2 is 1.76 bits per heavy atom. The Kier molecular flexibility index (Phi) is 7.50. The number of Topliss-reactive ketones (excluding diaryl/α,β-unsaturated/α-hetero) is 1. The van der Waals surface area contributed by atoms with Gasteiger partial charge in [-0.1, -0.05) is 29.8 Å². The number of hydrogen-bond donors (Lipinski definition) is 1. The molecule has 4 rings (SSSR count).